The van der Waals surface area contributed by atoms with Gasteiger partial charge in [0.1, 0.15) is 4.33 Å². The van der Waals surface area contributed by atoms with E-state index in [0.717, 1.165) is 31.4 Å². The fourth-order valence-electron chi connectivity index (χ4n) is 3.18. The summed E-state index contributed by atoms with van der Waals surface area (Å²) in [5.74, 6) is -0.0246. The van der Waals surface area contributed by atoms with Crippen molar-refractivity contribution in [2.24, 2.45) is 5.92 Å². The zero-order chi connectivity index (χ0) is 16.0. The van der Waals surface area contributed by atoms with Crippen molar-refractivity contribution >= 4 is 46.4 Å². The molecule has 1 saturated carbocycles. The van der Waals surface area contributed by atoms with Crippen LogP contribution in [0.25, 0.3) is 0 Å². The van der Waals surface area contributed by atoms with Crippen LogP contribution in [0.15, 0.2) is 18.2 Å². The summed E-state index contributed by atoms with van der Waals surface area (Å²) < 4.78 is 10.6. The summed E-state index contributed by atoms with van der Waals surface area (Å²) in [6, 6.07) is 5.43. The van der Waals surface area contributed by atoms with Crippen molar-refractivity contribution in [3.63, 3.8) is 0 Å². The van der Waals surface area contributed by atoms with Crippen molar-refractivity contribution in [1.29, 1.82) is 0 Å². The lowest BCUT2D eigenvalue weighted by Gasteiger charge is -2.23. The predicted molar refractivity (Wildman–Crippen MR) is 91.3 cm³/mol. The monoisotopic (exact) mass is 382 g/mol. The van der Waals surface area contributed by atoms with Crippen LogP contribution in [0.3, 0.4) is 0 Å². The molecule has 1 saturated heterocycles. The summed E-state index contributed by atoms with van der Waals surface area (Å²) in [7, 11) is 0. The van der Waals surface area contributed by atoms with Gasteiger partial charge in [-0.3, -0.25) is 0 Å². The minimum atomic E-state index is -0.893. The fourth-order valence-corrected chi connectivity index (χ4v) is 4.64. The third kappa shape index (κ3) is 2.99. The Hall–Kier alpha value is 0.300. The van der Waals surface area contributed by atoms with E-state index in [9.17, 15) is 0 Å². The lowest BCUT2D eigenvalue weighted by molar-refractivity contribution is -0.165. The zero-order valence-electron chi connectivity index (χ0n) is 12.3. The molecule has 0 amide bonds. The molecule has 1 aromatic carbocycles. The Morgan fingerprint density at radius 3 is 2.45 bits per heavy atom. The van der Waals surface area contributed by atoms with E-state index in [-0.39, 0.29) is 12.2 Å². The van der Waals surface area contributed by atoms with Crippen molar-refractivity contribution < 1.29 is 9.47 Å². The Kier molecular flexibility index (Phi) is 4.91. The van der Waals surface area contributed by atoms with Crippen LogP contribution >= 0.6 is 46.4 Å². The molecule has 22 heavy (non-hydrogen) atoms. The van der Waals surface area contributed by atoms with Crippen LogP contribution in [0.2, 0.25) is 10.0 Å². The molecule has 2 nitrogen and oxygen atoms in total. The van der Waals surface area contributed by atoms with Crippen LogP contribution < -0.4 is 0 Å². The number of halogens is 4. The first-order valence-electron chi connectivity index (χ1n) is 7.43. The Balaban J connectivity index is 1.72. The van der Waals surface area contributed by atoms with Gasteiger partial charge >= 0.3 is 0 Å². The van der Waals surface area contributed by atoms with Crippen LogP contribution in [0.5, 0.6) is 0 Å². The number of hydrogen-bond acceptors (Lipinski definition) is 2. The van der Waals surface area contributed by atoms with Gasteiger partial charge in [0, 0.05) is 28.0 Å². The van der Waals surface area contributed by atoms with Crippen molar-refractivity contribution in [2.75, 3.05) is 13.2 Å². The van der Waals surface area contributed by atoms with Gasteiger partial charge in [0.05, 0.1) is 6.61 Å². The largest absolute Gasteiger partial charge is 0.353 e. The number of hydrogen-bond donors (Lipinski definition) is 0. The lowest BCUT2D eigenvalue weighted by Crippen LogP contribution is -2.24. The molecule has 0 bridgehead atoms. The molecular weight excluding hydrogens is 366 g/mol. The van der Waals surface area contributed by atoms with Crippen molar-refractivity contribution in [1.82, 2.24) is 0 Å². The maximum absolute atomic E-state index is 6.53. The van der Waals surface area contributed by atoms with Gasteiger partial charge in [-0.05, 0) is 43.0 Å². The first kappa shape index (κ1) is 17.1. The summed E-state index contributed by atoms with van der Waals surface area (Å²) in [5.41, 5.74) is 0.507. The molecule has 6 heteroatoms. The molecular formula is C16H18Cl4O2. The van der Waals surface area contributed by atoms with E-state index >= 15 is 0 Å². The van der Waals surface area contributed by atoms with Gasteiger partial charge < -0.3 is 9.47 Å². The first-order valence-corrected chi connectivity index (χ1v) is 8.94. The van der Waals surface area contributed by atoms with E-state index in [0.29, 0.717) is 16.7 Å². The Bertz CT molecular complexity index is 537. The third-order valence-electron chi connectivity index (χ3n) is 4.79. The van der Waals surface area contributed by atoms with Gasteiger partial charge in [-0.2, -0.15) is 0 Å². The summed E-state index contributed by atoms with van der Waals surface area (Å²) >= 11 is 25.3. The quantitative estimate of drug-likeness (QED) is 0.630. The minimum absolute atomic E-state index is 0.0246. The topological polar surface area (TPSA) is 18.5 Å². The van der Waals surface area contributed by atoms with Crippen molar-refractivity contribution in [3.05, 3.63) is 33.8 Å². The third-order valence-corrected chi connectivity index (χ3v) is 6.54. The molecule has 2 aliphatic rings. The fraction of sp³-hybridized carbons (Fsp3) is 0.625. The van der Waals surface area contributed by atoms with E-state index in [4.69, 9.17) is 55.9 Å². The number of ether oxygens (including phenoxy) is 2. The van der Waals surface area contributed by atoms with Crippen LogP contribution in [0.1, 0.15) is 31.7 Å². The zero-order valence-corrected chi connectivity index (χ0v) is 15.3. The number of alkyl halides is 2. The van der Waals surface area contributed by atoms with Gasteiger partial charge in [-0.25, -0.2) is 0 Å². The minimum Gasteiger partial charge on any atom is -0.353 e. The highest BCUT2D eigenvalue weighted by atomic mass is 35.5. The smallest absolute Gasteiger partial charge is 0.157 e. The van der Waals surface area contributed by atoms with Gasteiger partial charge in [-0.15, -0.1) is 23.2 Å². The van der Waals surface area contributed by atoms with Gasteiger partial charge in [0.15, 0.2) is 6.29 Å². The molecule has 122 valence electrons. The van der Waals surface area contributed by atoms with E-state index in [1.807, 2.05) is 19.1 Å². The second-order valence-electron chi connectivity index (χ2n) is 6.17. The highest BCUT2D eigenvalue weighted by molar-refractivity contribution is 6.52. The Labute approximate surface area is 151 Å². The molecule has 2 unspecified atom stereocenters. The van der Waals surface area contributed by atoms with E-state index < -0.39 is 9.75 Å². The first-order chi connectivity index (χ1) is 10.4. The highest BCUT2D eigenvalue weighted by Gasteiger charge is 2.73. The lowest BCUT2D eigenvalue weighted by atomic mass is 9.95. The molecule has 0 aromatic heterocycles. The standard InChI is InChI=1S/C16H18Cl4O2/c1-15(10-6-11(17)8-12(18)7-10)13(16(15,19)20)9-22-14-4-2-3-5-21-14/h6-8,13-14H,2-5,9H2,1H3/t13-,14?,15?/m1/s1. The normalized spacial score (nSPS) is 33.7. The molecule has 1 aliphatic carbocycles. The van der Waals surface area contributed by atoms with Gasteiger partial charge in [-0.1, -0.05) is 30.1 Å². The van der Waals surface area contributed by atoms with Crippen LogP contribution in [-0.2, 0) is 14.9 Å². The molecule has 0 radical (unpaired) electrons. The molecule has 3 atom stereocenters. The van der Waals surface area contributed by atoms with Gasteiger partial charge in [0.25, 0.3) is 0 Å². The van der Waals surface area contributed by atoms with Gasteiger partial charge in [0.2, 0.25) is 0 Å². The summed E-state index contributed by atoms with van der Waals surface area (Å²) in [6.45, 7) is 3.23. The van der Waals surface area contributed by atoms with E-state index in [1.165, 1.54) is 0 Å². The maximum Gasteiger partial charge on any atom is 0.157 e. The molecule has 0 spiro atoms. The van der Waals surface area contributed by atoms with E-state index in [1.54, 1.807) is 6.07 Å². The Morgan fingerprint density at radius 2 is 1.86 bits per heavy atom. The van der Waals surface area contributed by atoms with Crippen molar-refractivity contribution in [3.8, 4) is 0 Å². The molecule has 1 heterocycles. The summed E-state index contributed by atoms with van der Waals surface area (Å²) in [6.07, 6.45) is 3.00. The molecule has 2 fully saturated rings. The average Bonchev–Trinajstić information content (AvgIpc) is 2.91. The van der Waals surface area contributed by atoms with Crippen LogP contribution in [0, 0.1) is 5.92 Å². The van der Waals surface area contributed by atoms with Crippen LogP contribution in [-0.4, -0.2) is 23.8 Å². The predicted octanol–water partition coefficient (Wildman–Crippen LogP) is 5.60. The second kappa shape index (κ2) is 6.31. The Morgan fingerprint density at radius 1 is 1.18 bits per heavy atom. The average molecular weight is 384 g/mol. The van der Waals surface area contributed by atoms with E-state index in [2.05, 4.69) is 0 Å². The summed E-state index contributed by atoms with van der Waals surface area (Å²) in [4.78, 5) is 0. The van der Waals surface area contributed by atoms with Crippen LogP contribution in [0.4, 0.5) is 0 Å². The highest BCUT2D eigenvalue weighted by Crippen LogP contribution is 2.69. The number of rotatable bonds is 4. The summed E-state index contributed by atoms with van der Waals surface area (Å²) in [5, 5.41) is 1.16. The maximum atomic E-state index is 6.53. The molecule has 0 N–H and O–H groups in total. The molecule has 3 rings (SSSR count). The molecule has 1 aromatic rings. The number of benzene rings is 1. The SMILES string of the molecule is CC1(c2cc(Cl)cc(Cl)c2)[C@@H](COC2CCCCO2)C1(Cl)Cl. The van der Waals surface area contributed by atoms with Crippen molar-refractivity contribution in [2.45, 2.75) is 42.2 Å². The second-order valence-corrected chi connectivity index (χ2v) is 8.42. The molecule has 1 aliphatic heterocycles.